The average Bonchev–Trinajstić information content (AvgIpc) is 2.60. The number of likely N-dealkylation sites (N-methyl/N-ethyl adjacent to an activating group) is 1. The van der Waals surface area contributed by atoms with Crippen LogP contribution in [-0.4, -0.2) is 49.8 Å². The minimum atomic E-state index is -3.86. The number of phosphoric acid groups is 1. The van der Waals surface area contributed by atoms with Crippen molar-refractivity contribution in [1.29, 1.82) is 0 Å². The van der Waals surface area contributed by atoms with Crippen LogP contribution in [0.25, 0.3) is 0 Å². The van der Waals surface area contributed by atoms with Crippen LogP contribution in [0.3, 0.4) is 0 Å². The van der Waals surface area contributed by atoms with Gasteiger partial charge in [-0.05, 0) is 19.3 Å². The summed E-state index contributed by atoms with van der Waals surface area (Å²) >= 11 is 0. The van der Waals surface area contributed by atoms with Crippen molar-refractivity contribution < 1.29 is 23.0 Å². The first-order valence-corrected chi connectivity index (χ1v) is 12.8. The molecular weight excluding hydrogens is 361 g/mol. The van der Waals surface area contributed by atoms with Crippen LogP contribution in [0, 0.1) is 0 Å². The molecule has 0 aromatic rings. The van der Waals surface area contributed by atoms with E-state index in [9.17, 15) is 9.46 Å². The van der Waals surface area contributed by atoms with Gasteiger partial charge in [-0.15, -0.1) is 0 Å². The molecule has 0 radical (unpaired) electrons. The molecule has 0 spiro atoms. The van der Waals surface area contributed by atoms with Gasteiger partial charge in [0.15, 0.2) is 0 Å². The molecule has 6 heteroatoms. The molecule has 0 saturated heterocycles. The molecule has 0 heterocycles. The Labute approximate surface area is 169 Å². The number of quaternary nitrogens is 1. The van der Waals surface area contributed by atoms with Gasteiger partial charge in [-0.3, -0.25) is 9.05 Å². The second-order valence-corrected chi connectivity index (χ2v) is 9.86. The molecule has 0 bridgehead atoms. The number of hydrogen-bond donors (Lipinski definition) is 1. The zero-order valence-corrected chi connectivity index (χ0v) is 19.5. The van der Waals surface area contributed by atoms with Gasteiger partial charge in [0.2, 0.25) is 0 Å². The summed E-state index contributed by atoms with van der Waals surface area (Å²) in [6.07, 6.45) is 17.0. The van der Waals surface area contributed by atoms with E-state index in [0.717, 1.165) is 17.6 Å². The van der Waals surface area contributed by atoms with Crippen LogP contribution in [-0.2, 0) is 13.6 Å². The molecule has 1 unspecified atom stereocenters. The number of rotatable bonds is 20. The Morgan fingerprint density at radius 2 is 1.11 bits per heavy atom. The smallest absolute Gasteiger partial charge is 0.327 e. The second kappa shape index (κ2) is 17.0. The van der Waals surface area contributed by atoms with E-state index in [2.05, 4.69) is 21.0 Å². The lowest BCUT2D eigenvalue weighted by atomic mass is 10.1. The molecule has 5 nitrogen and oxygen atoms in total. The molecule has 0 aliphatic rings. The van der Waals surface area contributed by atoms with Gasteiger partial charge in [-0.1, -0.05) is 78.1 Å². The molecule has 164 valence electrons. The second-order valence-electron chi connectivity index (χ2n) is 8.41. The van der Waals surface area contributed by atoms with E-state index in [-0.39, 0.29) is 13.2 Å². The highest BCUT2D eigenvalue weighted by molar-refractivity contribution is 7.47. The van der Waals surface area contributed by atoms with Crippen LogP contribution in [0.5, 0.6) is 0 Å². The zero-order chi connectivity index (χ0) is 20.4. The minimum absolute atomic E-state index is 0.253. The van der Waals surface area contributed by atoms with Gasteiger partial charge in [0.05, 0.1) is 27.2 Å². The minimum Gasteiger partial charge on any atom is -0.327 e. The Kier molecular flexibility index (Phi) is 17.0. The molecule has 0 aromatic carbocycles. The van der Waals surface area contributed by atoms with Crippen LogP contribution in [0.2, 0.25) is 0 Å². The maximum Gasteiger partial charge on any atom is 0.472 e. The van der Waals surface area contributed by atoms with Crippen LogP contribution < -0.4 is 0 Å². The normalized spacial score (nSPS) is 14.4. The molecule has 0 aliphatic heterocycles. The lowest BCUT2D eigenvalue weighted by Crippen LogP contribution is -2.42. The molecule has 0 aliphatic carbocycles. The van der Waals surface area contributed by atoms with E-state index in [1.807, 2.05) is 6.92 Å². The third kappa shape index (κ3) is 19.2. The average molecular weight is 409 g/mol. The summed E-state index contributed by atoms with van der Waals surface area (Å²) in [5.74, 6) is 0. The highest BCUT2D eigenvalue weighted by Crippen LogP contribution is 2.43. The Morgan fingerprint density at radius 1 is 0.667 bits per heavy atom. The fourth-order valence-electron chi connectivity index (χ4n) is 3.14. The van der Waals surface area contributed by atoms with Gasteiger partial charge >= 0.3 is 7.82 Å². The summed E-state index contributed by atoms with van der Waals surface area (Å²) in [6.45, 7) is 6.47. The molecule has 27 heavy (non-hydrogen) atoms. The fourth-order valence-corrected chi connectivity index (χ4v) is 3.94. The summed E-state index contributed by atoms with van der Waals surface area (Å²) in [4.78, 5) is 9.54. The fraction of sp³-hybridized carbons (Fsp3) is 1.00. The van der Waals surface area contributed by atoms with Crippen molar-refractivity contribution in [2.24, 2.45) is 0 Å². The van der Waals surface area contributed by atoms with E-state index in [1.165, 1.54) is 77.0 Å². The van der Waals surface area contributed by atoms with Crippen LogP contribution in [0.1, 0.15) is 97.3 Å². The molecule has 1 atom stereocenters. The van der Waals surface area contributed by atoms with Gasteiger partial charge in [-0.25, -0.2) is 4.57 Å². The van der Waals surface area contributed by atoms with Gasteiger partial charge in [0.1, 0.15) is 13.2 Å². The maximum absolute atomic E-state index is 11.6. The summed E-state index contributed by atoms with van der Waals surface area (Å²) in [6, 6.07) is 0. The van der Waals surface area contributed by atoms with Crippen molar-refractivity contribution in [1.82, 2.24) is 0 Å². The summed E-state index contributed by atoms with van der Waals surface area (Å²) in [5.41, 5.74) is 0. The Morgan fingerprint density at radius 3 is 1.59 bits per heavy atom. The Hall–Kier alpha value is 0.0700. The standard InChI is InChI=1S/C21H46NO4P/c1-5-7-8-9-10-11-12-13-14-15-16-17-18-22(3,4)19-21-26-27(23,24)25-20-6-2/h5-21H2,1-4H3/p+1. The van der Waals surface area contributed by atoms with Gasteiger partial charge in [-0.2, -0.15) is 0 Å². The predicted molar refractivity (Wildman–Crippen MR) is 115 cm³/mol. The monoisotopic (exact) mass is 408 g/mol. The Bertz CT molecular complexity index is 377. The quantitative estimate of drug-likeness (QED) is 0.146. The highest BCUT2D eigenvalue weighted by Gasteiger charge is 2.23. The van der Waals surface area contributed by atoms with Crippen molar-refractivity contribution in [2.45, 2.75) is 97.3 Å². The Balaban J connectivity index is 3.53. The number of hydrogen-bond acceptors (Lipinski definition) is 3. The van der Waals surface area contributed by atoms with E-state index in [0.29, 0.717) is 6.42 Å². The third-order valence-electron chi connectivity index (χ3n) is 5.03. The van der Waals surface area contributed by atoms with Crippen LogP contribution in [0.15, 0.2) is 0 Å². The van der Waals surface area contributed by atoms with E-state index >= 15 is 0 Å². The first kappa shape index (κ1) is 27.1. The van der Waals surface area contributed by atoms with Crippen molar-refractivity contribution >= 4 is 7.82 Å². The molecule has 0 fully saturated rings. The summed E-state index contributed by atoms with van der Waals surface area (Å²) < 4.78 is 22.4. The molecule has 0 aromatic heterocycles. The topological polar surface area (TPSA) is 55.8 Å². The van der Waals surface area contributed by atoms with Gasteiger partial charge in [0, 0.05) is 0 Å². The zero-order valence-electron chi connectivity index (χ0n) is 18.6. The number of nitrogens with zero attached hydrogens (tertiary/aromatic N) is 1. The molecular formula is C21H47NO4P+. The maximum atomic E-state index is 11.6. The molecule has 0 saturated carbocycles. The molecule has 1 N–H and O–H groups in total. The lowest BCUT2D eigenvalue weighted by molar-refractivity contribution is -0.890. The van der Waals surface area contributed by atoms with Crippen molar-refractivity contribution in [3.8, 4) is 0 Å². The lowest BCUT2D eigenvalue weighted by Gasteiger charge is -2.29. The largest absolute Gasteiger partial charge is 0.472 e. The highest BCUT2D eigenvalue weighted by atomic mass is 31.2. The molecule has 0 rings (SSSR count). The summed E-state index contributed by atoms with van der Waals surface area (Å²) in [7, 11) is 0.436. The first-order chi connectivity index (χ1) is 12.8. The first-order valence-electron chi connectivity index (χ1n) is 11.3. The van der Waals surface area contributed by atoms with Gasteiger partial charge in [0.25, 0.3) is 0 Å². The summed E-state index contributed by atoms with van der Waals surface area (Å²) in [5, 5.41) is 0. The predicted octanol–water partition coefficient (Wildman–Crippen LogP) is 6.31. The van der Waals surface area contributed by atoms with Crippen molar-refractivity contribution in [3.05, 3.63) is 0 Å². The third-order valence-corrected chi connectivity index (χ3v) is 6.04. The van der Waals surface area contributed by atoms with E-state index < -0.39 is 7.82 Å². The molecule has 0 amide bonds. The van der Waals surface area contributed by atoms with Crippen LogP contribution in [0.4, 0.5) is 0 Å². The number of unbranched alkanes of at least 4 members (excludes halogenated alkanes) is 11. The van der Waals surface area contributed by atoms with Crippen LogP contribution >= 0.6 is 7.82 Å². The number of phosphoric ester groups is 1. The van der Waals surface area contributed by atoms with Crippen molar-refractivity contribution in [2.75, 3.05) is 40.4 Å². The van der Waals surface area contributed by atoms with E-state index in [4.69, 9.17) is 9.05 Å². The SMILES string of the molecule is CCCCCCCCCCCCCC[N+](C)(C)CCOP(=O)(O)OCCC. The van der Waals surface area contributed by atoms with Crippen molar-refractivity contribution in [3.63, 3.8) is 0 Å². The van der Waals surface area contributed by atoms with E-state index in [1.54, 1.807) is 0 Å². The van der Waals surface area contributed by atoms with Gasteiger partial charge < -0.3 is 9.38 Å².